The van der Waals surface area contributed by atoms with Crippen LogP contribution >= 0.6 is 11.8 Å². The third-order valence-corrected chi connectivity index (χ3v) is 4.50. The number of thioether (sulfide) groups is 1. The number of carbonyl (C=O) groups is 1. The minimum atomic E-state index is -1.01. The third kappa shape index (κ3) is 3.64. The number of piperidine rings is 1. The van der Waals surface area contributed by atoms with Crippen molar-refractivity contribution in [3.05, 3.63) is 35.9 Å². The summed E-state index contributed by atoms with van der Waals surface area (Å²) in [5, 5.41) is 1.10. The molecule has 1 atom stereocenters. The molecule has 2 heterocycles. The van der Waals surface area contributed by atoms with E-state index in [0.717, 1.165) is 31.7 Å². The lowest BCUT2D eigenvalue weighted by Gasteiger charge is -2.35. The summed E-state index contributed by atoms with van der Waals surface area (Å²) in [5.41, 5.74) is 3.83. The molecular weight excluding hydrogens is 286 g/mol. The lowest BCUT2D eigenvalue weighted by molar-refractivity contribution is -0.0273. The van der Waals surface area contributed by atoms with Crippen LogP contribution in [0.3, 0.4) is 0 Å². The summed E-state index contributed by atoms with van der Waals surface area (Å²) in [6.45, 7) is 1.92. The smallest absolute Gasteiger partial charge is 0.341 e. The fraction of sp³-hybridized carbons (Fsp3) is 0.467. The van der Waals surface area contributed by atoms with Crippen molar-refractivity contribution in [2.45, 2.75) is 24.4 Å². The van der Waals surface area contributed by atoms with Crippen molar-refractivity contribution in [3.8, 4) is 0 Å². The van der Waals surface area contributed by atoms with E-state index in [9.17, 15) is 4.79 Å². The molecule has 21 heavy (non-hydrogen) atoms. The molecule has 5 nitrogen and oxygen atoms in total. The highest BCUT2D eigenvalue weighted by Crippen LogP contribution is 2.31. The summed E-state index contributed by atoms with van der Waals surface area (Å²) >= 11 is 1.49. The molecule has 2 aliphatic heterocycles. The van der Waals surface area contributed by atoms with Gasteiger partial charge in [0, 0.05) is 25.1 Å². The van der Waals surface area contributed by atoms with Gasteiger partial charge in [-0.05, 0) is 25.0 Å². The topological polar surface area (TPSA) is 53.9 Å². The average Bonchev–Trinajstić information content (AvgIpc) is 2.97. The van der Waals surface area contributed by atoms with Gasteiger partial charge in [0.05, 0.1) is 5.56 Å². The van der Waals surface area contributed by atoms with E-state index in [0.29, 0.717) is 5.56 Å². The van der Waals surface area contributed by atoms with Gasteiger partial charge in [0.1, 0.15) is 0 Å². The summed E-state index contributed by atoms with van der Waals surface area (Å²) in [7, 11) is 0. The lowest BCUT2D eigenvalue weighted by atomic mass is 10.2. The number of nitrogens with zero attached hydrogens (tertiary/aromatic N) is 2. The van der Waals surface area contributed by atoms with Crippen LogP contribution in [0.4, 0.5) is 0 Å². The van der Waals surface area contributed by atoms with Crippen LogP contribution in [0.5, 0.6) is 0 Å². The van der Waals surface area contributed by atoms with Gasteiger partial charge in [0.15, 0.2) is 0 Å². The second-order valence-corrected chi connectivity index (χ2v) is 6.29. The average molecular weight is 305 g/mol. The molecule has 1 aromatic rings. The number of esters is 1. The lowest BCUT2D eigenvalue weighted by Crippen LogP contribution is -2.54. The first kappa shape index (κ1) is 14.6. The predicted octanol–water partition coefficient (Wildman–Crippen LogP) is 2.26. The number of ether oxygens (including phenoxy) is 1. The Labute approximate surface area is 128 Å². The Morgan fingerprint density at radius 2 is 2.00 bits per heavy atom. The van der Waals surface area contributed by atoms with E-state index in [-0.39, 0.29) is 5.97 Å². The fourth-order valence-electron chi connectivity index (χ4n) is 2.45. The molecule has 0 spiro atoms. The minimum Gasteiger partial charge on any atom is -0.409 e. The zero-order valence-corrected chi connectivity index (χ0v) is 12.6. The normalized spacial score (nSPS) is 25.9. The quantitative estimate of drug-likeness (QED) is 0.683. The standard InChI is InChI=1S/C15H19N3O2S/c19-14(13-7-3-1-4-8-13)20-15(16-9-12-21-15)17-18-10-5-2-6-11-18/h1,3-4,7-9,17H,2,5-6,10-12H2. The van der Waals surface area contributed by atoms with Gasteiger partial charge in [0.2, 0.25) is 0 Å². The molecule has 0 aliphatic carbocycles. The predicted molar refractivity (Wildman–Crippen MR) is 84.1 cm³/mol. The molecule has 0 aromatic heterocycles. The first-order valence-corrected chi connectivity index (χ1v) is 8.25. The van der Waals surface area contributed by atoms with E-state index < -0.39 is 5.18 Å². The highest BCUT2D eigenvalue weighted by molar-refractivity contribution is 8.01. The van der Waals surface area contributed by atoms with Crippen molar-refractivity contribution < 1.29 is 9.53 Å². The molecule has 2 aliphatic rings. The molecule has 1 fully saturated rings. The molecule has 1 aromatic carbocycles. The summed E-state index contributed by atoms with van der Waals surface area (Å²) in [6, 6.07) is 9.03. The van der Waals surface area contributed by atoms with Crippen LogP contribution in [0.2, 0.25) is 0 Å². The van der Waals surface area contributed by atoms with Gasteiger partial charge < -0.3 is 4.74 Å². The molecule has 1 N–H and O–H groups in total. The molecule has 1 unspecified atom stereocenters. The molecule has 0 bridgehead atoms. The van der Waals surface area contributed by atoms with Gasteiger partial charge in [-0.2, -0.15) is 5.43 Å². The molecule has 0 saturated carbocycles. The maximum absolute atomic E-state index is 12.3. The first-order chi connectivity index (χ1) is 10.3. The molecule has 3 rings (SSSR count). The number of hydrogen-bond acceptors (Lipinski definition) is 6. The maximum atomic E-state index is 12.3. The third-order valence-electron chi connectivity index (χ3n) is 3.51. The van der Waals surface area contributed by atoms with E-state index in [1.807, 2.05) is 18.2 Å². The van der Waals surface area contributed by atoms with Crippen molar-refractivity contribution in [2.75, 3.05) is 18.8 Å². The van der Waals surface area contributed by atoms with E-state index in [1.54, 1.807) is 18.3 Å². The second-order valence-electron chi connectivity index (χ2n) is 5.12. The number of benzene rings is 1. The zero-order valence-electron chi connectivity index (χ0n) is 11.8. The van der Waals surface area contributed by atoms with Crippen LogP contribution in [0.15, 0.2) is 35.3 Å². The Morgan fingerprint density at radius 1 is 1.24 bits per heavy atom. The number of carbonyl (C=O) groups excluding carboxylic acids is 1. The molecular formula is C15H19N3O2S. The molecule has 112 valence electrons. The number of hydrazine groups is 1. The van der Waals surface area contributed by atoms with E-state index in [2.05, 4.69) is 15.4 Å². The van der Waals surface area contributed by atoms with Crippen molar-refractivity contribution in [1.82, 2.24) is 10.4 Å². The monoisotopic (exact) mass is 305 g/mol. The van der Waals surface area contributed by atoms with Gasteiger partial charge in [-0.1, -0.05) is 36.4 Å². The summed E-state index contributed by atoms with van der Waals surface area (Å²) in [4.78, 5) is 16.6. The van der Waals surface area contributed by atoms with Gasteiger partial charge in [-0.15, -0.1) is 0 Å². The Balaban J connectivity index is 1.69. The second kappa shape index (κ2) is 6.60. The molecule has 0 radical (unpaired) electrons. The van der Waals surface area contributed by atoms with Crippen LogP contribution in [0.1, 0.15) is 29.6 Å². The number of hydrogen-bond donors (Lipinski definition) is 1. The van der Waals surface area contributed by atoms with Crippen LogP contribution < -0.4 is 5.43 Å². The van der Waals surface area contributed by atoms with E-state index >= 15 is 0 Å². The maximum Gasteiger partial charge on any atom is 0.341 e. The highest BCUT2D eigenvalue weighted by Gasteiger charge is 2.39. The van der Waals surface area contributed by atoms with Gasteiger partial charge in [-0.3, -0.25) is 0 Å². The Hall–Kier alpha value is -1.37. The SMILES string of the molecule is O=C(OC1(NN2CCCCC2)N=CCS1)c1ccccc1. The largest absolute Gasteiger partial charge is 0.409 e. The zero-order chi connectivity index (χ0) is 14.5. The Kier molecular flexibility index (Phi) is 4.57. The van der Waals surface area contributed by atoms with Crippen LogP contribution in [0, 0.1) is 0 Å². The van der Waals surface area contributed by atoms with Gasteiger partial charge in [0.25, 0.3) is 0 Å². The molecule has 1 saturated heterocycles. The van der Waals surface area contributed by atoms with Crippen LogP contribution in [0.25, 0.3) is 0 Å². The Bertz CT molecular complexity index is 517. The number of aliphatic imine (C=N–C) groups is 1. The summed E-state index contributed by atoms with van der Waals surface area (Å²) < 4.78 is 5.66. The summed E-state index contributed by atoms with van der Waals surface area (Å²) in [6.07, 6.45) is 5.36. The minimum absolute atomic E-state index is 0.355. The van der Waals surface area contributed by atoms with Gasteiger partial charge in [-0.25, -0.2) is 14.8 Å². The van der Waals surface area contributed by atoms with Crippen LogP contribution in [-0.4, -0.2) is 41.2 Å². The molecule has 6 heteroatoms. The fourth-order valence-corrected chi connectivity index (χ4v) is 3.30. The number of rotatable bonds is 4. The van der Waals surface area contributed by atoms with Gasteiger partial charge >= 0.3 is 11.2 Å². The highest BCUT2D eigenvalue weighted by atomic mass is 32.2. The number of nitrogens with one attached hydrogen (secondary N) is 1. The van der Waals surface area contributed by atoms with Crippen molar-refractivity contribution in [3.63, 3.8) is 0 Å². The first-order valence-electron chi connectivity index (χ1n) is 7.26. The van der Waals surface area contributed by atoms with Crippen molar-refractivity contribution in [1.29, 1.82) is 0 Å². The summed E-state index contributed by atoms with van der Waals surface area (Å²) in [5.74, 6) is 0.384. The van der Waals surface area contributed by atoms with Crippen molar-refractivity contribution in [2.24, 2.45) is 4.99 Å². The van der Waals surface area contributed by atoms with E-state index in [4.69, 9.17) is 4.74 Å². The Morgan fingerprint density at radius 3 is 2.67 bits per heavy atom. The molecule has 0 amide bonds. The van der Waals surface area contributed by atoms with E-state index in [1.165, 1.54) is 18.2 Å². The van der Waals surface area contributed by atoms with Crippen LogP contribution in [-0.2, 0) is 4.74 Å². The van der Waals surface area contributed by atoms with Crippen molar-refractivity contribution >= 4 is 23.9 Å².